The highest BCUT2D eigenvalue weighted by atomic mass is 79.9. The highest BCUT2D eigenvalue weighted by Gasteiger charge is 2.20. The molecular formula is C14H9BrFN3O. The first-order chi connectivity index (χ1) is 9.66. The van der Waals surface area contributed by atoms with Gasteiger partial charge in [0, 0.05) is 16.2 Å². The fourth-order valence-corrected chi connectivity index (χ4v) is 2.45. The molecule has 0 unspecified atom stereocenters. The van der Waals surface area contributed by atoms with Crippen LogP contribution in [0, 0.1) is 5.82 Å². The van der Waals surface area contributed by atoms with E-state index in [4.69, 9.17) is 10.3 Å². The Kier molecular flexibility index (Phi) is 3.23. The Morgan fingerprint density at radius 1 is 1.20 bits per heavy atom. The summed E-state index contributed by atoms with van der Waals surface area (Å²) in [5.41, 5.74) is 7.77. The molecule has 20 heavy (non-hydrogen) atoms. The summed E-state index contributed by atoms with van der Waals surface area (Å²) in [5.74, 6) is 0.357. The molecule has 100 valence electrons. The first kappa shape index (κ1) is 12.8. The van der Waals surface area contributed by atoms with Crippen molar-refractivity contribution < 1.29 is 8.91 Å². The molecule has 0 aliphatic rings. The number of pyridine rings is 1. The molecule has 0 amide bonds. The van der Waals surface area contributed by atoms with Crippen molar-refractivity contribution in [2.24, 2.45) is 0 Å². The molecule has 4 nitrogen and oxygen atoms in total. The second kappa shape index (κ2) is 5.05. The summed E-state index contributed by atoms with van der Waals surface area (Å²) in [6.45, 7) is 0. The van der Waals surface area contributed by atoms with Gasteiger partial charge in [-0.1, -0.05) is 11.2 Å². The summed E-state index contributed by atoms with van der Waals surface area (Å²) in [7, 11) is 0. The number of nitrogens with two attached hydrogens (primary N) is 1. The third-order valence-corrected chi connectivity index (χ3v) is 3.47. The zero-order chi connectivity index (χ0) is 14.1. The monoisotopic (exact) mass is 333 g/mol. The Bertz CT molecular complexity index is 758. The van der Waals surface area contributed by atoms with Crippen LogP contribution in [-0.2, 0) is 0 Å². The average Bonchev–Trinajstić information content (AvgIpc) is 2.81. The molecule has 0 saturated carbocycles. The smallest absolute Gasteiger partial charge is 0.179 e. The van der Waals surface area contributed by atoms with Crippen LogP contribution in [0.2, 0.25) is 0 Å². The number of hydrogen-bond donors (Lipinski definition) is 1. The topological polar surface area (TPSA) is 64.9 Å². The molecule has 0 spiro atoms. The van der Waals surface area contributed by atoms with Crippen LogP contribution in [0.25, 0.3) is 22.6 Å². The summed E-state index contributed by atoms with van der Waals surface area (Å²) in [6.07, 6.45) is 1.66. The van der Waals surface area contributed by atoms with Crippen molar-refractivity contribution in [3.05, 3.63) is 52.9 Å². The third-order valence-electron chi connectivity index (χ3n) is 2.82. The normalized spacial score (nSPS) is 10.7. The van der Waals surface area contributed by atoms with Crippen molar-refractivity contribution in [3.8, 4) is 22.6 Å². The number of rotatable bonds is 2. The predicted octanol–water partition coefficient (Wildman–Crippen LogP) is 3.89. The molecule has 6 heteroatoms. The lowest BCUT2D eigenvalue weighted by atomic mass is 10.1. The van der Waals surface area contributed by atoms with Crippen LogP contribution >= 0.6 is 15.9 Å². The molecule has 0 radical (unpaired) electrons. The van der Waals surface area contributed by atoms with E-state index < -0.39 is 0 Å². The van der Waals surface area contributed by atoms with Crippen molar-refractivity contribution in [3.63, 3.8) is 0 Å². The second-order valence-corrected chi connectivity index (χ2v) is 4.97. The van der Waals surface area contributed by atoms with Gasteiger partial charge in [0.15, 0.2) is 11.6 Å². The molecule has 0 fully saturated rings. The van der Waals surface area contributed by atoms with Crippen molar-refractivity contribution in [2.75, 3.05) is 5.73 Å². The number of anilines is 1. The van der Waals surface area contributed by atoms with Crippen molar-refractivity contribution >= 4 is 21.7 Å². The van der Waals surface area contributed by atoms with Gasteiger partial charge in [0.2, 0.25) is 0 Å². The van der Waals surface area contributed by atoms with Crippen molar-refractivity contribution in [1.82, 2.24) is 10.1 Å². The lowest BCUT2D eigenvalue weighted by Gasteiger charge is -2.04. The Balaban J connectivity index is 2.21. The van der Waals surface area contributed by atoms with E-state index in [-0.39, 0.29) is 11.6 Å². The average molecular weight is 334 g/mol. The highest BCUT2D eigenvalue weighted by molar-refractivity contribution is 9.10. The first-order valence-corrected chi connectivity index (χ1v) is 6.58. The summed E-state index contributed by atoms with van der Waals surface area (Å²) < 4.78 is 19.0. The second-order valence-electron chi connectivity index (χ2n) is 4.11. The van der Waals surface area contributed by atoms with Crippen LogP contribution in [0.15, 0.2) is 51.6 Å². The molecular weight excluding hydrogens is 325 g/mol. The van der Waals surface area contributed by atoms with Crippen LogP contribution in [0.4, 0.5) is 10.2 Å². The van der Waals surface area contributed by atoms with Gasteiger partial charge < -0.3 is 10.3 Å². The Morgan fingerprint density at radius 3 is 2.75 bits per heavy atom. The lowest BCUT2D eigenvalue weighted by Crippen LogP contribution is -1.91. The Labute approximate surface area is 122 Å². The maximum absolute atomic E-state index is 13.2. The largest absolute Gasteiger partial charge is 0.380 e. The Morgan fingerprint density at radius 2 is 2.05 bits per heavy atom. The third kappa shape index (κ3) is 2.18. The molecule has 1 aromatic carbocycles. The number of nitrogen functional groups attached to an aromatic ring is 1. The SMILES string of the molecule is Nc1noc(-c2ccc(F)cc2Br)c1-c1ccccn1. The van der Waals surface area contributed by atoms with Crippen LogP contribution in [0.1, 0.15) is 0 Å². The van der Waals surface area contributed by atoms with Crippen molar-refractivity contribution in [1.29, 1.82) is 0 Å². The molecule has 0 atom stereocenters. The molecule has 0 saturated heterocycles. The predicted molar refractivity (Wildman–Crippen MR) is 77.2 cm³/mol. The molecule has 0 aliphatic carbocycles. The summed E-state index contributed by atoms with van der Waals surface area (Å²) in [4.78, 5) is 4.25. The fraction of sp³-hybridized carbons (Fsp3) is 0. The fourth-order valence-electron chi connectivity index (χ4n) is 1.92. The van der Waals surface area contributed by atoms with E-state index in [9.17, 15) is 4.39 Å². The molecule has 3 rings (SSSR count). The Hall–Kier alpha value is -2.21. The van der Waals surface area contributed by atoms with Gasteiger partial charge in [-0.05, 0) is 46.3 Å². The molecule has 3 aromatic rings. The van der Waals surface area contributed by atoms with E-state index in [2.05, 4.69) is 26.1 Å². The maximum atomic E-state index is 13.2. The van der Waals surface area contributed by atoms with Crippen LogP contribution in [-0.4, -0.2) is 10.1 Å². The van der Waals surface area contributed by atoms with Gasteiger partial charge in [-0.15, -0.1) is 0 Å². The minimum absolute atomic E-state index is 0.245. The van der Waals surface area contributed by atoms with E-state index in [1.54, 1.807) is 18.3 Å². The quantitative estimate of drug-likeness (QED) is 0.772. The summed E-state index contributed by atoms with van der Waals surface area (Å²) in [6, 6.07) is 9.77. The molecule has 0 bridgehead atoms. The zero-order valence-electron chi connectivity index (χ0n) is 10.2. The first-order valence-electron chi connectivity index (χ1n) is 5.79. The van der Waals surface area contributed by atoms with Gasteiger partial charge in [-0.3, -0.25) is 4.98 Å². The number of halogens is 2. The minimum Gasteiger partial charge on any atom is -0.380 e. The van der Waals surface area contributed by atoms with Crippen LogP contribution in [0.5, 0.6) is 0 Å². The lowest BCUT2D eigenvalue weighted by molar-refractivity contribution is 0.436. The van der Waals surface area contributed by atoms with Gasteiger partial charge in [-0.2, -0.15) is 0 Å². The summed E-state index contributed by atoms with van der Waals surface area (Å²) in [5, 5.41) is 3.78. The number of benzene rings is 1. The van der Waals surface area contributed by atoms with Gasteiger partial charge in [0.05, 0.1) is 11.3 Å². The van der Waals surface area contributed by atoms with Gasteiger partial charge in [0.1, 0.15) is 5.82 Å². The maximum Gasteiger partial charge on any atom is 0.179 e. The molecule has 0 aliphatic heterocycles. The minimum atomic E-state index is -0.340. The highest BCUT2D eigenvalue weighted by Crippen LogP contribution is 2.38. The van der Waals surface area contributed by atoms with Gasteiger partial charge in [0.25, 0.3) is 0 Å². The van der Waals surface area contributed by atoms with Gasteiger partial charge in [-0.25, -0.2) is 4.39 Å². The van der Waals surface area contributed by atoms with Gasteiger partial charge >= 0.3 is 0 Å². The number of hydrogen-bond acceptors (Lipinski definition) is 4. The zero-order valence-corrected chi connectivity index (χ0v) is 11.8. The van der Waals surface area contributed by atoms with Crippen molar-refractivity contribution in [2.45, 2.75) is 0 Å². The molecule has 2 N–H and O–H groups in total. The molecule has 2 aromatic heterocycles. The van der Waals surface area contributed by atoms with E-state index in [1.807, 2.05) is 12.1 Å². The van der Waals surface area contributed by atoms with E-state index in [0.717, 1.165) is 0 Å². The number of nitrogens with zero attached hydrogens (tertiary/aromatic N) is 2. The van der Waals surface area contributed by atoms with E-state index >= 15 is 0 Å². The van der Waals surface area contributed by atoms with E-state index in [0.29, 0.717) is 27.1 Å². The standard InChI is InChI=1S/C14H9BrFN3O/c15-10-7-8(16)4-5-9(10)13-12(14(17)19-20-13)11-3-1-2-6-18-11/h1-7H,(H2,17,19). The van der Waals surface area contributed by atoms with E-state index in [1.165, 1.54) is 12.1 Å². The number of aromatic nitrogens is 2. The van der Waals surface area contributed by atoms with Crippen LogP contribution < -0.4 is 5.73 Å². The molecule has 2 heterocycles. The summed E-state index contributed by atoms with van der Waals surface area (Å²) >= 11 is 3.31. The van der Waals surface area contributed by atoms with Crippen LogP contribution in [0.3, 0.4) is 0 Å².